The standard InChI is InChI=1S/C16H15N3O7S2/c1-8-6-18(16(23)17-14(8)22)15-13(12(21)11(7-20)26-15)28-27-10-4-2-9(3-5-10)19(24)25/h2-6,11,15,20-21H,7H2,1H3,(H,17,22,23)/t11-,15-/m1/s1. The number of ether oxygens (including phenoxy) is 1. The quantitative estimate of drug-likeness (QED) is 0.358. The zero-order valence-corrected chi connectivity index (χ0v) is 16.0. The summed E-state index contributed by atoms with van der Waals surface area (Å²) in [5.74, 6) is -0.220. The van der Waals surface area contributed by atoms with Gasteiger partial charge in [-0.2, -0.15) is 0 Å². The van der Waals surface area contributed by atoms with E-state index in [1.54, 1.807) is 12.1 Å². The van der Waals surface area contributed by atoms with E-state index in [-0.39, 0.29) is 21.9 Å². The van der Waals surface area contributed by atoms with Crippen molar-refractivity contribution in [2.75, 3.05) is 6.61 Å². The average Bonchev–Trinajstić information content (AvgIpc) is 2.98. The minimum Gasteiger partial charge on any atom is -0.508 e. The van der Waals surface area contributed by atoms with Crippen molar-refractivity contribution < 1.29 is 19.9 Å². The van der Waals surface area contributed by atoms with Gasteiger partial charge in [0.05, 0.1) is 16.4 Å². The van der Waals surface area contributed by atoms with Gasteiger partial charge in [-0.25, -0.2) is 4.79 Å². The van der Waals surface area contributed by atoms with Gasteiger partial charge in [0.2, 0.25) is 0 Å². The Morgan fingerprint density at radius 3 is 2.57 bits per heavy atom. The summed E-state index contributed by atoms with van der Waals surface area (Å²) in [5.41, 5.74) is -1.01. The Kier molecular flexibility index (Phi) is 5.93. The number of non-ortho nitro benzene ring substituents is 1. The van der Waals surface area contributed by atoms with Gasteiger partial charge in [-0.05, 0) is 29.9 Å². The van der Waals surface area contributed by atoms with Gasteiger partial charge in [0.25, 0.3) is 11.2 Å². The molecule has 0 bridgehead atoms. The molecule has 3 rings (SSSR count). The molecular weight excluding hydrogens is 410 g/mol. The van der Waals surface area contributed by atoms with Crippen molar-refractivity contribution in [2.24, 2.45) is 0 Å². The molecule has 2 atom stereocenters. The lowest BCUT2D eigenvalue weighted by atomic mass is 10.3. The first kappa shape index (κ1) is 20.2. The van der Waals surface area contributed by atoms with Crippen molar-refractivity contribution in [3.63, 3.8) is 0 Å². The predicted octanol–water partition coefficient (Wildman–Crippen LogP) is 1.85. The lowest BCUT2D eigenvalue weighted by molar-refractivity contribution is -0.384. The molecule has 12 heteroatoms. The van der Waals surface area contributed by atoms with E-state index in [9.17, 15) is 29.9 Å². The predicted molar refractivity (Wildman–Crippen MR) is 103 cm³/mol. The molecule has 0 spiro atoms. The molecule has 2 aromatic rings. The molecule has 2 heterocycles. The Bertz CT molecular complexity index is 1050. The second-order valence-electron chi connectivity index (χ2n) is 5.81. The number of aliphatic hydroxyl groups is 2. The number of aromatic amines is 1. The van der Waals surface area contributed by atoms with Gasteiger partial charge >= 0.3 is 5.69 Å². The molecule has 0 saturated heterocycles. The Hall–Kier alpha value is -2.54. The number of aromatic nitrogens is 2. The molecule has 0 saturated carbocycles. The van der Waals surface area contributed by atoms with Crippen LogP contribution in [-0.4, -0.2) is 37.4 Å². The van der Waals surface area contributed by atoms with Crippen molar-refractivity contribution in [2.45, 2.75) is 24.2 Å². The van der Waals surface area contributed by atoms with E-state index in [4.69, 9.17) is 4.74 Å². The third kappa shape index (κ3) is 3.99. The number of hydrogen-bond donors (Lipinski definition) is 3. The van der Waals surface area contributed by atoms with Crippen molar-refractivity contribution >= 4 is 27.3 Å². The molecule has 0 aliphatic carbocycles. The van der Waals surface area contributed by atoms with E-state index in [0.29, 0.717) is 4.90 Å². The van der Waals surface area contributed by atoms with Gasteiger partial charge in [0.15, 0.2) is 6.23 Å². The van der Waals surface area contributed by atoms with Crippen LogP contribution in [0.4, 0.5) is 5.69 Å². The van der Waals surface area contributed by atoms with Crippen LogP contribution in [0.25, 0.3) is 0 Å². The SMILES string of the molecule is Cc1cn([C@@H]2O[C@H](CO)C(O)=C2SSc2ccc([N+](=O)[O-])cc2)c(=O)[nH]c1=O. The summed E-state index contributed by atoms with van der Waals surface area (Å²) in [6.07, 6.45) is -0.726. The van der Waals surface area contributed by atoms with Crippen molar-refractivity contribution in [1.29, 1.82) is 0 Å². The molecule has 28 heavy (non-hydrogen) atoms. The van der Waals surface area contributed by atoms with Crippen LogP contribution < -0.4 is 11.2 Å². The molecule has 0 fully saturated rings. The van der Waals surface area contributed by atoms with E-state index < -0.39 is 35.1 Å². The molecule has 0 unspecified atom stereocenters. The molecule has 1 aromatic heterocycles. The molecule has 10 nitrogen and oxygen atoms in total. The fourth-order valence-electron chi connectivity index (χ4n) is 2.45. The molecule has 148 valence electrons. The number of hydrogen-bond acceptors (Lipinski definition) is 9. The van der Waals surface area contributed by atoms with Gasteiger partial charge in [-0.15, -0.1) is 0 Å². The topological polar surface area (TPSA) is 148 Å². The summed E-state index contributed by atoms with van der Waals surface area (Å²) in [6.45, 7) is 1.03. The summed E-state index contributed by atoms with van der Waals surface area (Å²) in [7, 11) is 2.28. The number of nitrogens with one attached hydrogen (secondary N) is 1. The van der Waals surface area contributed by atoms with Crippen LogP contribution in [-0.2, 0) is 4.74 Å². The van der Waals surface area contributed by atoms with Gasteiger partial charge in [0, 0.05) is 28.8 Å². The second kappa shape index (κ2) is 8.22. The lowest BCUT2D eigenvalue weighted by Crippen LogP contribution is -2.34. The molecule has 0 radical (unpaired) electrons. The highest BCUT2D eigenvalue weighted by molar-refractivity contribution is 8.78. The summed E-state index contributed by atoms with van der Waals surface area (Å²) in [4.78, 5) is 37.1. The van der Waals surface area contributed by atoms with Crippen LogP contribution in [0.2, 0.25) is 0 Å². The first-order valence-electron chi connectivity index (χ1n) is 7.92. The average molecular weight is 425 g/mol. The number of nitro groups is 1. The van der Waals surface area contributed by atoms with Crippen LogP contribution in [0, 0.1) is 17.0 Å². The Morgan fingerprint density at radius 2 is 1.96 bits per heavy atom. The number of aryl methyl sites for hydroxylation is 1. The van der Waals surface area contributed by atoms with E-state index in [1.165, 1.54) is 36.0 Å². The fourth-order valence-corrected chi connectivity index (χ4v) is 4.74. The number of rotatable bonds is 6. The first-order chi connectivity index (χ1) is 13.3. The Labute approximate surface area is 165 Å². The lowest BCUT2D eigenvalue weighted by Gasteiger charge is -2.17. The maximum absolute atomic E-state index is 12.2. The zero-order chi connectivity index (χ0) is 20.4. The summed E-state index contributed by atoms with van der Waals surface area (Å²) in [6, 6.07) is 5.81. The fraction of sp³-hybridized carbons (Fsp3) is 0.250. The van der Waals surface area contributed by atoms with Gasteiger partial charge in [0.1, 0.15) is 11.9 Å². The molecule has 3 N–H and O–H groups in total. The van der Waals surface area contributed by atoms with E-state index in [1.807, 2.05) is 0 Å². The van der Waals surface area contributed by atoms with Crippen LogP contribution in [0.5, 0.6) is 0 Å². The number of H-pyrrole nitrogens is 1. The highest BCUT2D eigenvalue weighted by Crippen LogP contribution is 2.47. The second-order valence-corrected chi connectivity index (χ2v) is 8.05. The molecule has 0 amide bonds. The van der Waals surface area contributed by atoms with Crippen LogP contribution in [0.15, 0.2) is 55.6 Å². The van der Waals surface area contributed by atoms with Gasteiger partial charge in [-0.1, -0.05) is 10.8 Å². The first-order valence-corrected chi connectivity index (χ1v) is 10.1. The Balaban J connectivity index is 1.88. The highest BCUT2D eigenvalue weighted by atomic mass is 33.1. The maximum Gasteiger partial charge on any atom is 0.330 e. The van der Waals surface area contributed by atoms with Crippen molar-refractivity contribution in [3.8, 4) is 0 Å². The van der Waals surface area contributed by atoms with E-state index >= 15 is 0 Å². The van der Waals surface area contributed by atoms with E-state index in [0.717, 1.165) is 15.4 Å². The molecule has 1 aromatic carbocycles. The van der Waals surface area contributed by atoms with Crippen LogP contribution >= 0.6 is 21.6 Å². The van der Waals surface area contributed by atoms with E-state index in [2.05, 4.69) is 4.98 Å². The van der Waals surface area contributed by atoms with Crippen molar-refractivity contribution in [1.82, 2.24) is 9.55 Å². The van der Waals surface area contributed by atoms with Gasteiger partial charge < -0.3 is 14.9 Å². The summed E-state index contributed by atoms with van der Waals surface area (Å²) < 4.78 is 6.71. The summed E-state index contributed by atoms with van der Waals surface area (Å²) >= 11 is 0. The Morgan fingerprint density at radius 1 is 1.29 bits per heavy atom. The number of aliphatic hydroxyl groups excluding tert-OH is 2. The molecular formula is C16H15N3O7S2. The number of benzene rings is 1. The summed E-state index contributed by atoms with van der Waals surface area (Å²) in [5, 5.41) is 30.5. The zero-order valence-electron chi connectivity index (χ0n) is 14.4. The van der Waals surface area contributed by atoms with Gasteiger partial charge in [-0.3, -0.25) is 24.5 Å². The van der Waals surface area contributed by atoms with Crippen LogP contribution in [0.3, 0.4) is 0 Å². The third-order valence-electron chi connectivity index (χ3n) is 3.91. The third-order valence-corrected chi connectivity index (χ3v) is 6.42. The van der Waals surface area contributed by atoms with Crippen molar-refractivity contribution in [3.05, 3.63) is 77.6 Å². The number of nitro benzene ring substituents is 1. The normalized spacial score (nSPS) is 19.2. The maximum atomic E-state index is 12.2. The monoisotopic (exact) mass is 425 g/mol. The highest BCUT2D eigenvalue weighted by Gasteiger charge is 2.37. The smallest absolute Gasteiger partial charge is 0.330 e. The molecule has 1 aliphatic rings. The number of nitrogens with zero attached hydrogens (tertiary/aromatic N) is 2. The van der Waals surface area contributed by atoms with Crippen LogP contribution in [0.1, 0.15) is 11.8 Å². The largest absolute Gasteiger partial charge is 0.508 e. The molecule has 1 aliphatic heterocycles. The minimum absolute atomic E-state index is 0.0471. The minimum atomic E-state index is -1.03.